The molecule has 0 amide bonds. The first kappa shape index (κ1) is 13.1. The summed E-state index contributed by atoms with van der Waals surface area (Å²) >= 11 is 0. The highest BCUT2D eigenvalue weighted by Crippen LogP contribution is 2.34. The predicted molar refractivity (Wildman–Crippen MR) is 79.5 cm³/mol. The summed E-state index contributed by atoms with van der Waals surface area (Å²) in [6, 6.07) is 6.77. The Hall–Kier alpha value is -2.62. The standard InChI is InChI=1S/C18H13NO3/c1-9-14-16(15-12(19-9)7-4-8-13(15)20)18(22)11-6-3-2-5-10(11)17(14)21/h2-3,5-6H,4,7-8H2,1H3. The molecule has 0 saturated heterocycles. The van der Waals surface area contributed by atoms with Crippen molar-refractivity contribution in [3.8, 4) is 0 Å². The molecule has 0 atom stereocenters. The molecular formula is C18H13NO3. The van der Waals surface area contributed by atoms with Crippen LogP contribution in [-0.2, 0) is 6.42 Å². The Labute approximate surface area is 127 Å². The number of hydrogen-bond donors (Lipinski definition) is 0. The molecule has 2 aliphatic rings. The first-order valence-electron chi connectivity index (χ1n) is 7.34. The van der Waals surface area contributed by atoms with Crippen molar-refractivity contribution < 1.29 is 14.4 Å². The van der Waals surface area contributed by atoms with E-state index in [4.69, 9.17) is 0 Å². The second-order valence-electron chi connectivity index (χ2n) is 5.75. The van der Waals surface area contributed by atoms with Crippen molar-refractivity contribution in [3.63, 3.8) is 0 Å². The van der Waals surface area contributed by atoms with E-state index in [0.29, 0.717) is 46.5 Å². The highest BCUT2D eigenvalue weighted by atomic mass is 16.1. The summed E-state index contributed by atoms with van der Waals surface area (Å²) in [5, 5.41) is 0. The van der Waals surface area contributed by atoms with Crippen molar-refractivity contribution in [2.24, 2.45) is 0 Å². The van der Waals surface area contributed by atoms with E-state index in [1.807, 2.05) is 0 Å². The van der Waals surface area contributed by atoms with Crippen molar-refractivity contribution in [2.75, 3.05) is 0 Å². The Morgan fingerprint density at radius 2 is 1.50 bits per heavy atom. The van der Waals surface area contributed by atoms with Gasteiger partial charge in [-0.05, 0) is 19.8 Å². The number of carbonyl (C=O) groups is 3. The van der Waals surface area contributed by atoms with Gasteiger partial charge < -0.3 is 0 Å². The zero-order valence-electron chi connectivity index (χ0n) is 12.1. The maximum absolute atomic E-state index is 12.9. The Bertz CT molecular complexity index is 880. The lowest BCUT2D eigenvalue weighted by molar-refractivity contribution is 0.0947. The third-order valence-corrected chi connectivity index (χ3v) is 4.42. The number of fused-ring (bicyclic) bond motifs is 4. The van der Waals surface area contributed by atoms with E-state index in [2.05, 4.69) is 4.98 Å². The van der Waals surface area contributed by atoms with Gasteiger partial charge in [-0.2, -0.15) is 0 Å². The van der Waals surface area contributed by atoms with Crippen molar-refractivity contribution >= 4 is 17.3 Å². The minimum atomic E-state index is -0.234. The van der Waals surface area contributed by atoms with Gasteiger partial charge in [0.1, 0.15) is 0 Å². The summed E-state index contributed by atoms with van der Waals surface area (Å²) < 4.78 is 0. The average Bonchev–Trinajstić information content (AvgIpc) is 2.52. The lowest BCUT2D eigenvalue weighted by Crippen LogP contribution is -2.28. The summed E-state index contributed by atoms with van der Waals surface area (Å²) in [6.45, 7) is 1.73. The molecule has 108 valence electrons. The third kappa shape index (κ3) is 1.58. The number of rotatable bonds is 0. The lowest BCUT2D eigenvalue weighted by Gasteiger charge is -2.24. The Morgan fingerprint density at radius 1 is 0.864 bits per heavy atom. The molecule has 4 rings (SSSR count). The fourth-order valence-electron chi connectivity index (χ4n) is 3.44. The van der Waals surface area contributed by atoms with Gasteiger partial charge in [0.2, 0.25) is 0 Å². The number of nitrogens with zero attached hydrogens (tertiary/aromatic N) is 1. The summed E-state index contributed by atoms with van der Waals surface area (Å²) in [4.78, 5) is 42.4. The molecule has 1 aromatic carbocycles. The monoisotopic (exact) mass is 291 g/mol. The number of aromatic nitrogens is 1. The van der Waals surface area contributed by atoms with Crippen LogP contribution in [0, 0.1) is 6.92 Å². The van der Waals surface area contributed by atoms with Crippen molar-refractivity contribution in [1.82, 2.24) is 4.98 Å². The van der Waals surface area contributed by atoms with Crippen LogP contribution in [0.5, 0.6) is 0 Å². The van der Waals surface area contributed by atoms with Crippen LogP contribution in [0.4, 0.5) is 0 Å². The van der Waals surface area contributed by atoms with Crippen LogP contribution >= 0.6 is 0 Å². The molecule has 4 nitrogen and oxygen atoms in total. The van der Waals surface area contributed by atoms with E-state index in [0.717, 1.165) is 6.42 Å². The normalized spacial score (nSPS) is 16.1. The molecule has 0 fully saturated rings. The molecule has 0 unspecified atom stereocenters. The van der Waals surface area contributed by atoms with Crippen LogP contribution in [0.25, 0.3) is 0 Å². The molecule has 1 aromatic heterocycles. The summed E-state index contributed by atoms with van der Waals surface area (Å²) in [5.74, 6) is -0.524. The molecule has 0 bridgehead atoms. The maximum Gasteiger partial charge on any atom is 0.196 e. The molecule has 0 N–H and O–H groups in total. The van der Waals surface area contributed by atoms with Gasteiger partial charge in [-0.1, -0.05) is 24.3 Å². The Balaban J connectivity index is 2.11. The van der Waals surface area contributed by atoms with Gasteiger partial charge in [-0.3, -0.25) is 19.4 Å². The minimum Gasteiger partial charge on any atom is -0.294 e. The van der Waals surface area contributed by atoms with Gasteiger partial charge in [-0.15, -0.1) is 0 Å². The first-order chi connectivity index (χ1) is 10.6. The van der Waals surface area contributed by atoms with Crippen molar-refractivity contribution in [2.45, 2.75) is 26.2 Å². The molecular weight excluding hydrogens is 278 g/mol. The van der Waals surface area contributed by atoms with Gasteiger partial charge in [0.15, 0.2) is 17.3 Å². The highest BCUT2D eigenvalue weighted by molar-refractivity contribution is 6.31. The third-order valence-electron chi connectivity index (χ3n) is 4.42. The smallest absolute Gasteiger partial charge is 0.196 e. The fourth-order valence-corrected chi connectivity index (χ4v) is 3.44. The summed E-state index contributed by atoms with van der Waals surface area (Å²) in [6.07, 6.45) is 1.83. The second kappa shape index (κ2) is 4.44. The van der Waals surface area contributed by atoms with E-state index in [9.17, 15) is 14.4 Å². The average molecular weight is 291 g/mol. The lowest BCUT2D eigenvalue weighted by atomic mass is 9.78. The largest absolute Gasteiger partial charge is 0.294 e. The van der Waals surface area contributed by atoms with Gasteiger partial charge in [-0.25, -0.2) is 0 Å². The number of benzene rings is 1. The van der Waals surface area contributed by atoms with Crippen LogP contribution in [0.15, 0.2) is 24.3 Å². The fraction of sp³-hybridized carbons (Fsp3) is 0.222. The van der Waals surface area contributed by atoms with Gasteiger partial charge in [0.05, 0.1) is 16.8 Å². The highest BCUT2D eigenvalue weighted by Gasteiger charge is 2.37. The first-order valence-corrected chi connectivity index (χ1v) is 7.34. The maximum atomic E-state index is 12.9. The molecule has 22 heavy (non-hydrogen) atoms. The SMILES string of the molecule is Cc1nc2c(c3c1C(=O)c1ccccc1C3=O)C(=O)CCC2. The Kier molecular flexibility index (Phi) is 2.64. The molecule has 0 aliphatic heterocycles. The quantitative estimate of drug-likeness (QED) is 0.639. The Morgan fingerprint density at radius 3 is 2.18 bits per heavy atom. The molecule has 4 heteroatoms. The molecule has 2 aromatic rings. The number of pyridine rings is 1. The molecule has 0 saturated carbocycles. The van der Waals surface area contributed by atoms with E-state index < -0.39 is 0 Å². The van der Waals surface area contributed by atoms with E-state index in [1.54, 1.807) is 31.2 Å². The number of hydrogen-bond acceptors (Lipinski definition) is 4. The van der Waals surface area contributed by atoms with E-state index in [-0.39, 0.29) is 22.9 Å². The molecule has 1 heterocycles. The number of Topliss-reactive ketones (excluding diaryl/α,β-unsaturated/α-hetero) is 1. The molecule has 2 aliphatic carbocycles. The van der Waals surface area contributed by atoms with Gasteiger partial charge in [0.25, 0.3) is 0 Å². The number of ketones is 3. The number of carbonyl (C=O) groups excluding carboxylic acids is 3. The second-order valence-corrected chi connectivity index (χ2v) is 5.75. The van der Waals surface area contributed by atoms with Crippen LogP contribution in [0.2, 0.25) is 0 Å². The van der Waals surface area contributed by atoms with Crippen LogP contribution in [0.3, 0.4) is 0 Å². The van der Waals surface area contributed by atoms with Crippen LogP contribution in [0.1, 0.15) is 66.4 Å². The zero-order chi connectivity index (χ0) is 15.4. The molecule has 0 radical (unpaired) electrons. The van der Waals surface area contributed by atoms with Crippen LogP contribution < -0.4 is 0 Å². The zero-order valence-corrected chi connectivity index (χ0v) is 12.1. The summed E-state index contributed by atoms with van der Waals surface area (Å²) in [5.41, 5.74) is 2.93. The van der Waals surface area contributed by atoms with Gasteiger partial charge >= 0.3 is 0 Å². The van der Waals surface area contributed by atoms with E-state index in [1.165, 1.54) is 0 Å². The van der Waals surface area contributed by atoms with Crippen molar-refractivity contribution in [3.05, 3.63) is 63.5 Å². The topological polar surface area (TPSA) is 64.1 Å². The van der Waals surface area contributed by atoms with E-state index >= 15 is 0 Å². The summed E-state index contributed by atoms with van der Waals surface area (Å²) in [7, 11) is 0. The van der Waals surface area contributed by atoms with Gasteiger partial charge in [0, 0.05) is 28.8 Å². The van der Waals surface area contributed by atoms with Crippen LogP contribution in [-0.4, -0.2) is 22.3 Å². The van der Waals surface area contributed by atoms with Crippen molar-refractivity contribution in [1.29, 1.82) is 0 Å². The predicted octanol–water partition coefficient (Wildman–Crippen LogP) is 2.68. The molecule has 0 spiro atoms. The number of aryl methyl sites for hydroxylation is 2. The minimum absolute atomic E-state index is 0.0782.